The topological polar surface area (TPSA) is 55.8 Å². The van der Waals surface area contributed by atoms with Gasteiger partial charge in [-0.3, -0.25) is 9.63 Å². The zero-order valence-electron chi connectivity index (χ0n) is 17.6. The van der Waals surface area contributed by atoms with Crippen LogP contribution < -0.4 is 0 Å². The number of hydroxylamine groups is 2. The Bertz CT molecular complexity index is 671. The number of carbonyl (C=O) groups is 2. The maximum Gasteiger partial charge on any atom is 0.338 e. The monoisotopic (exact) mass is 387 g/mol. The lowest BCUT2D eigenvalue weighted by molar-refractivity contribution is -0.317. The number of esters is 1. The predicted molar refractivity (Wildman–Crippen MR) is 108 cm³/mol. The number of aldehydes is 1. The third-order valence-corrected chi connectivity index (χ3v) is 5.92. The van der Waals surface area contributed by atoms with Crippen LogP contribution >= 0.6 is 0 Å². The molecule has 1 aliphatic heterocycles. The first-order valence-corrected chi connectivity index (χ1v) is 10.4. The van der Waals surface area contributed by atoms with Crippen LogP contribution in [0.5, 0.6) is 0 Å². The Hall–Kier alpha value is -1.72. The van der Waals surface area contributed by atoms with Crippen molar-refractivity contribution in [3.05, 3.63) is 35.4 Å². The number of ether oxygens (including phenoxy) is 1. The van der Waals surface area contributed by atoms with Crippen molar-refractivity contribution in [3.8, 4) is 0 Å². The minimum atomic E-state index is -0.337. The molecule has 28 heavy (non-hydrogen) atoms. The SMILES string of the molecule is CC1(C)CC(OC(=O)c2ccc(C=O)cc2)CC(C)(C)N1OC1CCCCC1. The van der Waals surface area contributed by atoms with E-state index in [1.807, 2.05) is 0 Å². The molecule has 1 saturated carbocycles. The molecule has 154 valence electrons. The quantitative estimate of drug-likeness (QED) is 0.529. The molecule has 5 heteroatoms. The van der Waals surface area contributed by atoms with Crippen molar-refractivity contribution in [3.63, 3.8) is 0 Å². The van der Waals surface area contributed by atoms with Gasteiger partial charge in [0, 0.05) is 29.5 Å². The molecule has 0 aromatic heterocycles. The Morgan fingerprint density at radius 2 is 1.54 bits per heavy atom. The van der Waals surface area contributed by atoms with E-state index in [1.54, 1.807) is 24.3 Å². The molecule has 5 nitrogen and oxygen atoms in total. The van der Waals surface area contributed by atoms with Crippen molar-refractivity contribution in [2.24, 2.45) is 0 Å². The number of hydrogen-bond acceptors (Lipinski definition) is 5. The van der Waals surface area contributed by atoms with Crippen molar-refractivity contribution >= 4 is 12.3 Å². The van der Waals surface area contributed by atoms with Gasteiger partial charge in [0.15, 0.2) is 0 Å². The van der Waals surface area contributed by atoms with Crippen LogP contribution in [-0.4, -0.2) is 40.6 Å². The van der Waals surface area contributed by atoms with Gasteiger partial charge in [0.2, 0.25) is 0 Å². The second-order valence-corrected chi connectivity index (χ2v) is 9.46. The van der Waals surface area contributed by atoms with Crippen LogP contribution in [0.15, 0.2) is 24.3 Å². The summed E-state index contributed by atoms with van der Waals surface area (Å²) in [6.07, 6.45) is 8.36. The van der Waals surface area contributed by atoms with Gasteiger partial charge in [-0.1, -0.05) is 31.4 Å². The summed E-state index contributed by atoms with van der Waals surface area (Å²) in [5, 5.41) is 2.17. The molecule has 0 radical (unpaired) electrons. The minimum absolute atomic E-state index is 0.172. The van der Waals surface area contributed by atoms with E-state index < -0.39 is 0 Å². The summed E-state index contributed by atoms with van der Waals surface area (Å²) < 4.78 is 5.85. The number of piperidine rings is 1. The lowest BCUT2D eigenvalue weighted by Gasteiger charge is -2.54. The first-order chi connectivity index (χ1) is 13.2. The van der Waals surface area contributed by atoms with E-state index >= 15 is 0 Å². The summed E-state index contributed by atoms with van der Waals surface area (Å²) in [4.78, 5) is 29.9. The lowest BCUT2D eigenvalue weighted by atomic mass is 9.80. The van der Waals surface area contributed by atoms with E-state index in [0.717, 1.165) is 32.0 Å². The fourth-order valence-corrected chi connectivity index (χ4v) is 4.78. The highest BCUT2D eigenvalue weighted by molar-refractivity contribution is 5.90. The zero-order valence-corrected chi connectivity index (χ0v) is 17.6. The first-order valence-electron chi connectivity index (χ1n) is 10.4. The van der Waals surface area contributed by atoms with Crippen molar-refractivity contribution < 1.29 is 19.2 Å². The fourth-order valence-electron chi connectivity index (χ4n) is 4.78. The third kappa shape index (κ3) is 4.81. The van der Waals surface area contributed by atoms with Crippen molar-refractivity contribution in [2.75, 3.05) is 0 Å². The molecular formula is C23H33NO4. The average molecular weight is 388 g/mol. The maximum atomic E-state index is 12.6. The molecule has 3 rings (SSSR count). The van der Waals surface area contributed by atoms with Crippen LogP contribution in [0.3, 0.4) is 0 Å². The average Bonchev–Trinajstić information content (AvgIpc) is 2.65. The Morgan fingerprint density at radius 1 is 0.964 bits per heavy atom. The summed E-state index contributed by atoms with van der Waals surface area (Å²) in [7, 11) is 0. The van der Waals surface area contributed by atoms with E-state index in [1.165, 1.54) is 19.3 Å². The summed E-state index contributed by atoms with van der Waals surface area (Å²) >= 11 is 0. The zero-order chi connectivity index (χ0) is 20.4. The predicted octanol–water partition coefficient (Wildman–Crippen LogP) is 4.94. The molecule has 2 fully saturated rings. The van der Waals surface area contributed by atoms with Gasteiger partial charge in [-0.15, -0.1) is 0 Å². The second kappa shape index (κ2) is 8.34. The Labute approximate surface area is 168 Å². The molecule has 0 bridgehead atoms. The van der Waals surface area contributed by atoms with Gasteiger partial charge in [0.25, 0.3) is 0 Å². The van der Waals surface area contributed by atoms with Gasteiger partial charge < -0.3 is 4.74 Å². The number of benzene rings is 1. The largest absolute Gasteiger partial charge is 0.459 e. The molecule has 2 aliphatic rings. The highest BCUT2D eigenvalue weighted by Gasteiger charge is 2.48. The minimum Gasteiger partial charge on any atom is -0.459 e. The molecule has 1 aliphatic carbocycles. The second-order valence-electron chi connectivity index (χ2n) is 9.46. The van der Waals surface area contributed by atoms with Crippen molar-refractivity contribution in [1.29, 1.82) is 0 Å². The van der Waals surface area contributed by atoms with E-state index in [-0.39, 0.29) is 23.2 Å². The molecule has 0 spiro atoms. The maximum absolute atomic E-state index is 12.6. The smallest absolute Gasteiger partial charge is 0.338 e. The van der Waals surface area contributed by atoms with E-state index in [9.17, 15) is 9.59 Å². The van der Waals surface area contributed by atoms with Crippen molar-refractivity contribution in [2.45, 2.75) is 95.9 Å². The normalized spacial score (nSPS) is 23.3. The number of hydrogen-bond donors (Lipinski definition) is 0. The molecule has 1 heterocycles. The highest BCUT2D eigenvalue weighted by atomic mass is 16.7. The Morgan fingerprint density at radius 3 is 2.07 bits per heavy atom. The van der Waals surface area contributed by atoms with Gasteiger partial charge in [-0.2, -0.15) is 5.06 Å². The molecule has 1 aromatic carbocycles. The lowest BCUT2D eigenvalue weighted by Crippen LogP contribution is -2.63. The van der Waals surface area contributed by atoms with Crippen LogP contribution in [0, 0.1) is 0 Å². The van der Waals surface area contributed by atoms with E-state index in [0.29, 0.717) is 17.2 Å². The summed E-state index contributed by atoms with van der Waals surface area (Å²) in [5.41, 5.74) is 0.561. The van der Waals surface area contributed by atoms with Crippen molar-refractivity contribution in [1.82, 2.24) is 5.06 Å². The number of rotatable bonds is 5. The van der Waals surface area contributed by atoms with Crippen LogP contribution in [-0.2, 0) is 9.57 Å². The van der Waals surface area contributed by atoms with Crippen LogP contribution in [0.2, 0.25) is 0 Å². The molecule has 0 amide bonds. The van der Waals surface area contributed by atoms with Crippen LogP contribution in [0.4, 0.5) is 0 Å². The van der Waals surface area contributed by atoms with Gasteiger partial charge in [0.1, 0.15) is 12.4 Å². The standard InChI is InChI=1S/C23H33NO4/c1-22(2)14-20(27-21(26)18-12-10-17(16-25)11-13-18)15-23(3,4)24(22)28-19-8-6-5-7-9-19/h10-13,16,19-20H,5-9,14-15H2,1-4H3. The Balaban J connectivity index is 1.66. The fraction of sp³-hybridized carbons (Fsp3) is 0.652. The summed E-state index contributed by atoms with van der Waals surface area (Å²) in [5.74, 6) is -0.337. The van der Waals surface area contributed by atoms with E-state index in [2.05, 4.69) is 32.8 Å². The van der Waals surface area contributed by atoms with Crippen LogP contribution in [0.25, 0.3) is 0 Å². The van der Waals surface area contributed by atoms with Gasteiger partial charge in [-0.05, 0) is 52.7 Å². The number of carbonyl (C=O) groups excluding carboxylic acids is 2. The highest BCUT2D eigenvalue weighted by Crippen LogP contribution is 2.41. The molecule has 0 atom stereocenters. The Kier molecular flexibility index (Phi) is 6.25. The number of nitrogens with zero attached hydrogens (tertiary/aromatic N) is 1. The van der Waals surface area contributed by atoms with E-state index in [4.69, 9.17) is 9.57 Å². The molecule has 1 saturated heterocycles. The van der Waals surface area contributed by atoms with Gasteiger partial charge >= 0.3 is 5.97 Å². The van der Waals surface area contributed by atoms with Gasteiger partial charge in [-0.25, -0.2) is 4.79 Å². The molecule has 0 N–H and O–H groups in total. The van der Waals surface area contributed by atoms with Gasteiger partial charge in [0.05, 0.1) is 11.7 Å². The molecule has 1 aromatic rings. The summed E-state index contributed by atoms with van der Waals surface area (Å²) in [6.45, 7) is 8.65. The third-order valence-electron chi connectivity index (χ3n) is 5.92. The molecular weight excluding hydrogens is 354 g/mol. The first kappa shape index (κ1) is 21.0. The van der Waals surface area contributed by atoms with Crippen LogP contribution in [0.1, 0.15) is 93.4 Å². The summed E-state index contributed by atoms with van der Waals surface area (Å²) in [6, 6.07) is 6.56. The molecule has 0 unspecified atom stereocenters.